The van der Waals surface area contributed by atoms with Gasteiger partial charge in [0.05, 0.1) is 66.3 Å². The van der Waals surface area contributed by atoms with Crippen LogP contribution in [-0.4, -0.2) is 142 Å². The number of aromatic nitrogens is 8. The molecule has 0 radical (unpaired) electrons. The van der Waals surface area contributed by atoms with E-state index in [-0.39, 0.29) is 46.7 Å². The third kappa shape index (κ3) is 23.7. The van der Waals surface area contributed by atoms with Crippen molar-refractivity contribution >= 4 is 90.6 Å². The summed E-state index contributed by atoms with van der Waals surface area (Å²) in [6.07, 6.45) is 8.26. The number of ketones is 4. The number of esters is 4. The van der Waals surface area contributed by atoms with E-state index >= 15 is 0 Å². The molecule has 0 atom stereocenters. The van der Waals surface area contributed by atoms with Crippen molar-refractivity contribution in [1.82, 2.24) is 39.9 Å². The zero-order valence-electron chi connectivity index (χ0n) is 74.7. The monoisotopic (exact) mass is 1780 g/mol. The molecule has 0 unspecified atom stereocenters. The molecular formula is C106H98F2N8O16. The maximum absolute atomic E-state index is 13.4. The van der Waals surface area contributed by atoms with Crippen LogP contribution in [0.25, 0.3) is 88.4 Å². The predicted octanol–water partition coefficient (Wildman–Crippen LogP) is 21.8. The quantitative estimate of drug-likeness (QED) is 0.0173. The molecule has 0 aliphatic heterocycles. The summed E-state index contributed by atoms with van der Waals surface area (Å²) in [5, 5.41) is 3.48. The van der Waals surface area contributed by atoms with Crippen molar-refractivity contribution in [2.75, 3.05) is 54.9 Å². The van der Waals surface area contributed by atoms with Gasteiger partial charge in [-0.3, -0.25) is 29.1 Å². The Bertz CT molecular complexity index is 6540. The van der Waals surface area contributed by atoms with Crippen molar-refractivity contribution in [2.45, 2.75) is 92.9 Å². The molecule has 8 heterocycles. The second-order valence-electron chi connectivity index (χ2n) is 30.7. The number of nitrogens with zero attached hydrogens (tertiary/aromatic N) is 4. The van der Waals surface area contributed by atoms with Gasteiger partial charge in [0.2, 0.25) is 0 Å². The number of H-pyrrole nitrogens is 4. The minimum atomic E-state index is -0.396. The highest BCUT2D eigenvalue weighted by molar-refractivity contribution is 6.02. The van der Waals surface area contributed by atoms with Gasteiger partial charge in [0.15, 0.2) is 23.1 Å². The van der Waals surface area contributed by atoms with E-state index in [1.54, 1.807) is 155 Å². The summed E-state index contributed by atoms with van der Waals surface area (Å²) in [6.45, 7) is 11.7. The number of Topliss-reactive ketones (excluding diaryl/α,β-unsaturated/α-hetero) is 4. The first-order chi connectivity index (χ1) is 63.9. The SMILES string of the molecule is CCOC(=O)c1cc2cc(-c3cccc(C(=O)CCc4ccc(F)c(C)c4)n3)ccc2[nH]1.CCOC(=O)c1cc2cc(-c3cccc(C(=O)CCc4ccc(OC)cc4OC)n3)ccc2[nH]1.CCOC(=O)c1cc2cc(-c3ccnc(C(=O)CCc4ccc(OC)cc4OC)c3)ccc2[nH]1.CCOC(=O)c1cc2cc(-c3cncc(C(=O)CCc4ccc(F)c(C)c4)c3)ccc2[nH]1. The molecule has 0 spiro atoms. The number of hydrogen-bond acceptors (Lipinski definition) is 20. The van der Waals surface area contributed by atoms with Crippen molar-refractivity contribution in [3.8, 4) is 67.8 Å². The molecule has 0 aliphatic rings. The molecule has 0 fully saturated rings. The van der Waals surface area contributed by atoms with Crippen LogP contribution in [0.4, 0.5) is 8.78 Å². The van der Waals surface area contributed by atoms with Gasteiger partial charge in [-0.1, -0.05) is 72.8 Å². The molecule has 26 heteroatoms. The van der Waals surface area contributed by atoms with E-state index in [1.807, 2.05) is 146 Å². The third-order valence-corrected chi connectivity index (χ3v) is 21.9. The van der Waals surface area contributed by atoms with Crippen LogP contribution in [0, 0.1) is 25.5 Å². The molecule has 24 nitrogen and oxygen atoms in total. The highest BCUT2D eigenvalue weighted by atomic mass is 19.1. The summed E-state index contributed by atoms with van der Waals surface area (Å²) in [6, 6.07) is 67.3. The molecule has 0 amide bonds. The van der Waals surface area contributed by atoms with Gasteiger partial charge in [-0.05, 0) is 257 Å². The molecule has 8 aromatic heterocycles. The number of rotatable bonds is 32. The number of aryl methyl sites for hydroxylation is 6. The molecule has 4 N–H and O–H groups in total. The fourth-order valence-corrected chi connectivity index (χ4v) is 14.9. The van der Waals surface area contributed by atoms with E-state index in [1.165, 1.54) is 12.1 Å². The first-order valence-electron chi connectivity index (χ1n) is 43.0. The van der Waals surface area contributed by atoms with E-state index in [0.717, 1.165) is 99.2 Å². The number of carbonyl (C=O) groups is 8. The lowest BCUT2D eigenvalue weighted by Crippen LogP contribution is -2.05. The Morgan fingerprint density at radius 2 is 0.705 bits per heavy atom. The predicted molar refractivity (Wildman–Crippen MR) is 502 cm³/mol. The summed E-state index contributed by atoms with van der Waals surface area (Å²) < 4.78 is 68.4. The minimum absolute atomic E-state index is 0.0198. The molecule has 672 valence electrons. The van der Waals surface area contributed by atoms with Crippen LogP contribution in [0.1, 0.15) is 171 Å². The van der Waals surface area contributed by atoms with Crippen molar-refractivity contribution in [2.24, 2.45) is 0 Å². The van der Waals surface area contributed by atoms with Gasteiger partial charge in [-0.2, -0.15) is 0 Å². The molecule has 0 saturated heterocycles. The summed E-state index contributed by atoms with van der Waals surface area (Å²) in [7, 11) is 6.40. The smallest absolute Gasteiger partial charge is 0.354 e. The van der Waals surface area contributed by atoms with Crippen LogP contribution < -0.4 is 18.9 Å². The first kappa shape index (κ1) is 93.8. The highest BCUT2D eigenvalue weighted by Gasteiger charge is 2.22. The second kappa shape index (κ2) is 44.2. The number of benzene rings is 8. The van der Waals surface area contributed by atoms with Crippen LogP contribution in [-0.2, 0) is 44.6 Å². The normalized spacial score (nSPS) is 10.9. The van der Waals surface area contributed by atoms with Gasteiger partial charge < -0.3 is 57.8 Å². The van der Waals surface area contributed by atoms with Crippen molar-refractivity contribution < 1.29 is 85.0 Å². The van der Waals surface area contributed by atoms with Crippen LogP contribution in [0.15, 0.2) is 243 Å². The van der Waals surface area contributed by atoms with E-state index in [4.69, 9.17) is 37.9 Å². The number of aromatic amines is 4. The second-order valence-corrected chi connectivity index (χ2v) is 30.7. The molecule has 16 aromatic rings. The van der Waals surface area contributed by atoms with Gasteiger partial charge in [0.25, 0.3) is 0 Å². The lowest BCUT2D eigenvalue weighted by atomic mass is 9.99. The Hall–Kier alpha value is -15.9. The zero-order valence-corrected chi connectivity index (χ0v) is 74.7. The average molecular weight is 1780 g/mol. The highest BCUT2D eigenvalue weighted by Crippen LogP contribution is 2.34. The Morgan fingerprint density at radius 1 is 0.333 bits per heavy atom. The van der Waals surface area contributed by atoms with E-state index in [2.05, 4.69) is 39.9 Å². The standard InChI is InChI=1S/2C27H26N2O5.2C26H23FN2O3/c1-4-34-27(31)24-15-20-13-18(6-9-22(20)29-24)19-11-12-28-23(14-19)25(30)10-7-17-5-8-21(32-2)16-26(17)33-3;1-4-34-27(31)24-15-19-14-18(9-12-22(19)29-24)21-6-5-7-23(28-21)25(30)13-10-17-8-11-20(32-2)16-26(17)33-3;1-3-32-26(31)24-13-19-11-18(6-8-23(19)29-24)20-12-21(15-28-14-20)25(30)9-5-17-4-7-22(27)16(2)10-17;1-3-32-26(31)24-15-19-14-18(9-11-22(19)29-24)21-5-4-6-23(28-21)25(30)12-8-17-7-10-20(27)16(2)13-17/h5-6,8-9,11-16,29H,4,7,10H2,1-3H3;5-9,11-12,14-16,29H,4,10,13H2,1-3H3;4,6-8,10-15,29H,3,5,9H2,1-2H3;4-7,9-11,13-15,29H,3,8,12H2,1-2H3. The largest absolute Gasteiger partial charge is 0.497 e. The van der Waals surface area contributed by atoms with Crippen LogP contribution >= 0.6 is 0 Å². The van der Waals surface area contributed by atoms with E-state index in [0.29, 0.717) is 169 Å². The maximum atomic E-state index is 13.4. The first-order valence-corrected chi connectivity index (χ1v) is 43.0. The summed E-state index contributed by atoms with van der Waals surface area (Å²) >= 11 is 0. The number of fused-ring (bicyclic) bond motifs is 4. The van der Waals surface area contributed by atoms with Crippen molar-refractivity contribution in [1.29, 1.82) is 0 Å². The molecule has 0 aliphatic carbocycles. The van der Waals surface area contributed by atoms with Crippen molar-refractivity contribution in [3.63, 3.8) is 0 Å². The molecule has 0 bridgehead atoms. The number of hydrogen-bond donors (Lipinski definition) is 4. The number of ether oxygens (including phenoxy) is 8. The number of pyridine rings is 4. The Labute approximate surface area is 760 Å². The van der Waals surface area contributed by atoms with Crippen LogP contribution in [0.5, 0.6) is 23.0 Å². The zero-order chi connectivity index (χ0) is 93.5. The fraction of sp³-hybridized carbons (Fsp3) is 0.208. The van der Waals surface area contributed by atoms with Gasteiger partial charge >= 0.3 is 23.9 Å². The summed E-state index contributed by atoms with van der Waals surface area (Å²) in [5.41, 5.74) is 18.1. The number of nitrogens with one attached hydrogen (secondary N) is 4. The third-order valence-electron chi connectivity index (χ3n) is 21.9. The number of methoxy groups -OCH3 is 4. The van der Waals surface area contributed by atoms with E-state index in [9.17, 15) is 47.1 Å². The molecule has 8 aromatic carbocycles. The molecular weight excluding hydrogens is 1680 g/mol. The van der Waals surface area contributed by atoms with E-state index < -0.39 is 11.9 Å². The van der Waals surface area contributed by atoms with Crippen molar-refractivity contribution in [3.05, 3.63) is 333 Å². The minimum Gasteiger partial charge on any atom is -0.497 e. The Kier molecular flexibility index (Phi) is 31.4. The van der Waals surface area contributed by atoms with Gasteiger partial charge in [0, 0.05) is 122 Å². The molecule has 0 saturated carbocycles. The van der Waals surface area contributed by atoms with Crippen LogP contribution in [0.3, 0.4) is 0 Å². The Morgan fingerprint density at radius 3 is 1.10 bits per heavy atom. The lowest BCUT2D eigenvalue weighted by Gasteiger charge is -2.10. The topological polar surface area (TPSA) is 325 Å². The number of carbonyl (C=O) groups excluding carboxylic acids is 8. The van der Waals surface area contributed by atoms with Gasteiger partial charge in [-0.25, -0.2) is 37.9 Å². The maximum Gasteiger partial charge on any atom is 0.354 e. The van der Waals surface area contributed by atoms with Gasteiger partial charge in [-0.15, -0.1) is 0 Å². The van der Waals surface area contributed by atoms with Crippen LogP contribution in [0.2, 0.25) is 0 Å². The summed E-state index contributed by atoms with van der Waals surface area (Å²) in [4.78, 5) is 129. The summed E-state index contributed by atoms with van der Waals surface area (Å²) in [5.74, 6) is 0.549. The molecule has 132 heavy (non-hydrogen) atoms. The molecule has 16 rings (SSSR count). The number of halogens is 2. The lowest BCUT2D eigenvalue weighted by molar-refractivity contribution is 0.0511. The average Bonchev–Trinajstić information content (AvgIpc) is 1.62. The van der Waals surface area contributed by atoms with Gasteiger partial charge in [0.1, 0.15) is 74.5 Å². The Balaban J connectivity index is 0.000000150. The fourth-order valence-electron chi connectivity index (χ4n) is 14.9.